The van der Waals surface area contributed by atoms with E-state index in [-0.39, 0.29) is 10.5 Å². The number of aryl methyl sites for hydroxylation is 1. The molecule has 3 aromatic rings. The van der Waals surface area contributed by atoms with E-state index in [9.17, 15) is 18.3 Å². The average molecular weight is 426 g/mol. The van der Waals surface area contributed by atoms with E-state index in [4.69, 9.17) is 4.74 Å². The van der Waals surface area contributed by atoms with E-state index < -0.39 is 16.0 Å². The van der Waals surface area contributed by atoms with Gasteiger partial charge in [0.05, 0.1) is 28.8 Å². The topological polar surface area (TPSA) is 96.8 Å². The number of hydrogen-bond acceptors (Lipinski definition) is 5. The summed E-state index contributed by atoms with van der Waals surface area (Å²) in [6.07, 6.45) is 1.67. The predicted octanol–water partition coefficient (Wildman–Crippen LogP) is 3.70. The summed E-state index contributed by atoms with van der Waals surface area (Å²) in [6, 6.07) is 11.5. The quantitative estimate of drug-likeness (QED) is 0.668. The zero-order valence-electron chi connectivity index (χ0n) is 16.8. The third-order valence-corrected chi connectivity index (χ3v) is 7.30. The van der Waals surface area contributed by atoms with Crippen molar-refractivity contribution in [3.05, 3.63) is 53.6 Å². The van der Waals surface area contributed by atoms with Crippen molar-refractivity contribution in [2.75, 3.05) is 20.2 Å². The van der Waals surface area contributed by atoms with Gasteiger partial charge in [0.25, 0.3) is 0 Å². The first kappa shape index (κ1) is 20.3. The lowest BCUT2D eigenvalue weighted by molar-refractivity contribution is 0.0699. The molecule has 1 N–H and O–H groups in total. The maximum atomic E-state index is 12.9. The van der Waals surface area contributed by atoms with Crippen LogP contribution in [0.2, 0.25) is 0 Å². The summed E-state index contributed by atoms with van der Waals surface area (Å²) in [5.74, 6) is -0.403. The first-order valence-electron chi connectivity index (χ1n) is 9.64. The van der Waals surface area contributed by atoms with Gasteiger partial charge >= 0.3 is 5.97 Å². The van der Waals surface area contributed by atoms with Crippen LogP contribution in [0.5, 0.6) is 5.75 Å². The van der Waals surface area contributed by atoms with Crippen LogP contribution in [-0.4, -0.2) is 49.0 Å². The lowest BCUT2D eigenvalue weighted by Crippen LogP contribution is -2.27. The van der Waals surface area contributed by atoms with Crippen molar-refractivity contribution in [3.8, 4) is 17.0 Å². The number of benzene rings is 2. The number of hydrogen-bond donors (Lipinski definition) is 1. The molecule has 1 aromatic heterocycles. The fourth-order valence-corrected chi connectivity index (χ4v) is 5.35. The summed E-state index contributed by atoms with van der Waals surface area (Å²) in [4.78, 5) is 16.7. The minimum Gasteiger partial charge on any atom is -0.496 e. The molecule has 156 valence electrons. The van der Waals surface area contributed by atoms with Gasteiger partial charge in [-0.25, -0.2) is 18.2 Å². The van der Waals surface area contributed by atoms with Crippen LogP contribution in [0.3, 0.4) is 0 Å². The second-order valence-corrected chi connectivity index (χ2v) is 9.27. The first-order valence-corrected chi connectivity index (χ1v) is 11.1. The molecule has 0 bridgehead atoms. The Morgan fingerprint density at radius 1 is 1.10 bits per heavy atom. The number of methoxy groups -OCH3 is 1. The van der Waals surface area contributed by atoms with Gasteiger partial charge in [-0.15, -0.1) is 0 Å². The third-order valence-electron chi connectivity index (χ3n) is 5.40. The minimum absolute atomic E-state index is 0.0157. The second-order valence-electron chi connectivity index (χ2n) is 7.33. The van der Waals surface area contributed by atoms with Gasteiger partial charge in [0.15, 0.2) is 0 Å². The summed E-state index contributed by atoms with van der Waals surface area (Å²) in [7, 11) is -2.06. The van der Waals surface area contributed by atoms with E-state index in [1.54, 1.807) is 13.2 Å². The van der Waals surface area contributed by atoms with Crippen LogP contribution < -0.4 is 4.74 Å². The van der Waals surface area contributed by atoms with Gasteiger partial charge in [0, 0.05) is 24.0 Å². The van der Waals surface area contributed by atoms with Crippen molar-refractivity contribution >= 4 is 26.9 Å². The van der Waals surface area contributed by atoms with Crippen molar-refractivity contribution in [1.82, 2.24) is 9.29 Å². The molecule has 0 spiro atoms. The summed E-state index contributed by atoms with van der Waals surface area (Å²) in [5, 5.41) is 10.1. The Morgan fingerprint density at radius 2 is 1.83 bits per heavy atom. The van der Waals surface area contributed by atoms with E-state index in [0.29, 0.717) is 29.7 Å². The Morgan fingerprint density at radius 3 is 2.47 bits per heavy atom. The summed E-state index contributed by atoms with van der Waals surface area (Å²) in [6.45, 7) is 2.87. The summed E-state index contributed by atoms with van der Waals surface area (Å²) < 4.78 is 32.5. The first-order chi connectivity index (χ1) is 14.3. The Balaban J connectivity index is 1.86. The standard InChI is InChI=1S/C22H22N2O5S/c1-14-11-15(5-8-21(14)29-2)20-13-18(22(25)26)17-12-16(6-7-19(17)23-20)30(27,28)24-9-3-4-10-24/h5-8,11-13H,3-4,9-10H2,1-2H3,(H,25,26). The molecule has 4 rings (SSSR count). The molecular weight excluding hydrogens is 404 g/mol. The Hall–Kier alpha value is -2.97. The molecule has 0 amide bonds. The number of nitrogens with zero attached hydrogens (tertiary/aromatic N) is 2. The van der Waals surface area contributed by atoms with Crippen LogP contribution in [0.1, 0.15) is 28.8 Å². The van der Waals surface area contributed by atoms with Crippen LogP contribution >= 0.6 is 0 Å². The summed E-state index contributed by atoms with van der Waals surface area (Å²) >= 11 is 0. The molecule has 8 heteroatoms. The smallest absolute Gasteiger partial charge is 0.336 e. The van der Waals surface area contributed by atoms with Crippen molar-refractivity contribution in [2.45, 2.75) is 24.7 Å². The SMILES string of the molecule is COc1ccc(-c2cc(C(=O)O)c3cc(S(=O)(=O)N4CCCC4)ccc3n2)cc1C. The lowest BCUT2D eigenvalue weighted by atomic mass is 10.0. The fraction of sp³-hybridized carbons (Fsp3) is 0.273. The lowest BCUT2D eigenvalue weighted by Gasteiger charge is -2.16. The minimum atomic E-state index is -3.65. The summed E-state index contributed by atoms with van der Waals surface area (Å²) in [5.41, 5.74) is 2.61. The molecule has 0 aliphatic carbocycles. The van der Waals surface area contributed by atoms with Crippen molar-refractivity contribution in [2.24, 2.45) is 0 Å². The van der Waals surface area contributed by atoms with Crippen LogP contribution in [0.4, 0.5) is 0 Å². The van der Waals surface area contributed by atoms with Crippen LogP contribution in [-0.2, 0) is 10.0 Å². The number of sulfonamides is 1. The maximum absolute atomic E-state index is 12.9. The molecule has 0 atom stereocenters. The number of ether oxygens (including phenoxy) is 1. The van der Waals surface area contributed by atoms with E-state index in [1.807, 2.05) is 25.1 Å². The molecule has 1 fully saturated rings. The molecule has 7 nitrogen and oxygen atoms in total. The second kappa shape index (κ2) is 7.70. The molecule has 1 aliphatic rings. The highest BCUT2D eigenvalue weighted by Crippen LogP contribution is 2.30. The van der Waals surface area contributed by atoms with Gasteiger partial charge in [0.1, 0.15) is 5.75 Å². The van der Waals surface area contributed by atoms with Crippen LogP contribution in [0.25, 0.3) is 22.2 Å². The highest BCUT2D eigenvalue weighted by Gasteiger charge is 2.28. The van der Waals surface area contributed by atoms with Gasteiger partial charge in [-0.1, -0.05) is 0 Å². The number of aromatic nitrogens is 1. The van der Waals surface area contributed by atoms with E-state index in [1.165, 1.54) is 22.5 Å². The number of carboxylic acids is 1. The van der Waals surface area contributed by atoms with E-state index in [2.05, 4.69) is 4.98 Å². The third kappa shape index (κ3) is 3.53. The van der Waals surface area contributed by atoms with Gasteiger partial charge in [0.2, 0.25) is 10.0 Å². The molecule has 2 aromatic carbocycles. The molecule has 0 saturated carbocycles. The van der Waals surface area contributed by atoms with Crippen LogP contribution in [0.15, 0.2) is 47.4 Å². The number of carboxylic acid groups (broad SMARTS) is 1. The molecular formula is C22H22N2O5S. The molecule has 1 aliphatic heterocycles. The monoisotopic (exact) mass is 426 g/mol. The van der Waals surface area contributed by atoms with Crippen molar-refractivity contribution < 1.29 is 23.1 Å². The number of fused-ring (bicyclic) bond motifs is 1. The number of pyridine rings is 1. The maximum Gasteiger partial charge on any atom is 0.336 e. The van der Waals surface area contributed by atoms with E-state index >= 15 is 0 Å². The Kier molecular flexibility index (Phi) is 5.21. The normalized spacial score (nSPS) is 14.9. The molecule has 0 radical (unpaired) electrons. The zero-order chi connectivity index (χ0) is 21.5. The highest BCUT2D eigenvalue weighted by atomic mass is 32.2. The molecule has 1 saturated heterocycles. The van der Waals surface area contributed by atoms with E-state index in [0.717, 1.165) is 29.7 Å². The van der Waals surface area contributed by atoms with Crippen molar-refractivity contribution in [3.63, 3.8) is 0 Å². The fourth-order valence-electron chi connectivity index (χ4n) is 3.81. The Labute approximate surface area is 175 Å². The van der Waals surface area contributed by atoms with Crippen molar-refractivity contribution in [1.29, 1.82) is 0 Å². The predicted molar refractivity (Wildman–Crippen MR) is 113 cm³/mol. The molecule has 30 heavy (non-hydrogen) atoms. The number of carbonyl (C=O) groups is 1. The van der Waals surface area contributed by atoms with Gasteiger partial charge in [-0.2, -0.15) is 4.31 Å². The van der Waals surface area contributed by atoms with Gasteiger partial charge in [-0.3, -0.25) is 0 Å². The largest absolute Gasteiger partial charge is 0.496 e. The molecule has 2 heterocycles. The Bertz CT molecular complexity index is 1250. The average Bonchev–Trinajstić information content (AvgIpc) is 3.28. The van der Waals surface area contributed by atoms with Gasteiger partial charge < -0.3 is 9.84 Å². The van der Waals surface area contributed by atoms with Crippen LogP contribution in [0, 0.1) is 6.92 Å². The highest BCUT2D eigenvalue weighted by molar-refractivity contribution is 7.89. The zero-order valence-corrected chi connectivity index (χ0v) is 17.6. The number of rotatable bonds is 5. The molecule has 0 unspecified atom stereocenters. The number of aromatic carboxylic acids is 1. The van der Waals surface area contributed by atoms with Gasteiger partial charge in [-0.05, 0) is 67.8 Å².